The van der Waals surface area contributed by atoms with Gasteiger partial charge in [0.15, 0.2) is 6.17 Å². The topological polar surface area (TPSA) is 119 Å². The highest BCUT2D eigenvalue weighted by atomic mass is 16.5. The lowest BCUT2D eigenvalue weighted by Crippen LogP contribution is -2.55. The molecule has 0 fully saturated rings. The van der Waals surface area contributed by atoms with Gasteiger partial charge in [-0.15, -0.1) is 0 Å². The van der Waals surface area contributed by atoms with Gasteiger partial charge < -0.3 is 19.8 Å². The van der Waals surface area contributed by atoms with Gasteiger partial charge >= 0.3 is 0 Å². The summed E-state index contributed by atoms with van der Waals surface area (Å²) in [5.41, 5.74) is 3.63. The summed E-state index contributed by atoms with van der Waals surface area (Å²) in [5.74, 6) is 0.905. The summed E-state index contributed by atoms with van der Waals surface area (Å²) in [7, 11) is 1.59. The number of H-pyrrole nitrogens is 1. The first kappa shape index (κ1) is 18.7. The molecule has 156 valence electrons. The number of furan rings is 1. The average Bonchev–Trinajstić information content (AvgIpc) is 3.41. The van der Waals surface area contributed by atoms with Gasteiger partial charge in [0.1, 0.15) is 11.6 Å². The quantitative estimate of drug-likeness (QED) is 0.403. The first-order valence-electron chi connectivity index (χ1n) is 9.67. The zero-order chi connectivity index (χ0) is 21.5. The number of hydrogen-bond donors (Lipinski definition) is 4. The third-order valence-electron chi connectivity index (χ3n) is 5.30. The molecule has 1 unspecified atom stereocenters. The zero-order valence-electron chi connectivity index (χ0n) is 16.9. The fourth-order valence-corrected chi connectivity index (χ4v) is 3.69. The summed E-state index contributed by atoms with van der Waals surface area (Å²) in [6.45, 7) is 1.93. The van der Waals surface area contributed by atoms with Gasteiger partial charge in [-0.2, -0.15) is 5.10 Å². The molecule has 4 N–H and O–H groups in total. The van der Waals surface area contributed by atoms with Crippen LogP contribution in [-0.4, -0.2) is 35.2 Å². The minimum atomic E-state index is -0.888. The van der Waals surface area contributed by atoms with E-state index in [1.165, 1.54) is 6.26 Å². The van der Waals surface area contributed by atoms with E-state index in [1.807, 2.05) is 19.1 Å². The van der Waals surface area contributed by atoms with E-state index >= 15 is 0 Å². The number of aromatic amines is 1. The van der Waals surface area contributed by atoms with Crippen LogP contribution in [0.5, 0.6) is 5.75 Å². The van der Waals surface area contributed by atoms with E-state index in [2.05, 4.69) is 20.8 Å². The molecular weight excluding hydrogens is 396 g/mol. The van der Waals surface area contributed by atoms with E-state index in [0.717, 1.165) is 16.6 Å². The van der Waals surface area contributed by atoms with Gasteiger partial charge in [0, 0.05) is 22.5 Å². The Hall–Kier alpha value is -4.27. The van der Waals surface area contributed by atoms with Crippen molar-refractivity contribution in [3.05, 3.63) is 66.1 Å². The molecule has 9 heteroatoms. The monoisotopic (exact) mass is 416 g/mol. The Morgan fingerprint density at radius 1 is 1.23 bits per heavy atom. The smallest absolute Gasteiger partial charge is 0.268 e. The first-order valence-corrected chi connectivity index (χ1v) is 9.67. The molecule has 1 atom stereocenters. The SMILES string of the molecule is COc1ccc(N2C(=N)c3ccoc3NC2C(=O)Nc2ccc3n[nH]c(C)c3c2)cc1. The molecule has 0 bridgehead atoms. The number of amides is 1. The Kier molecular flexibility index (Phi) is 4.36. The van der Waals surface area contributed by atoms with Crippen LogP contribution in [0.1, 0.15) is 11.3 Å². The Balaban J connectivity index is 1.49. The molecular formula is C22H20N6O3. The number of methoxy groups -OCH3 is 1. The maximum Gasteiger partial charge on any atom is 0.268 e. The van der Waals surface area contributed by atoms with E-state index in [9.17, 15) is 4.79 Å². The molecule has 31 heavy (non-hydrogen) atoms. The number of anilines is 3. The van der Waals surface area contributed by atoms with Gasteiger partial charge in [0.05, 0.1) is 24.5 Å². The fourth-order valence-electron chi connectivity index (χ4n) is 3.69. The Morgan fingerprint density at radius 2 is 2.03 bits per heavy atom. The van der Waals surface area contributed by atoms with Gasteiger partial charge in [-0.3, -0.25) is 20.2 Å². The highest BCUT2D eigenvalue weighted by molar-refractivity contribution is 6.17. The minimum absolute atomic E-state index is 0.161. The third-order valence-corrected chi connectivity index (χ3v) is 5.30. The summed E-state index contributed by atoms with van der Waals surface area (Å²) in [4.78, 5) is 14.9. The van der Waals surface area contributed by atoms with Crippen molar-refractivity contribution >= 4 is 39.9 Å². The number of amidine groups is 1. The maximum absolute atomic E-state index is 13.3. The van der Waals surface area contributed by atoms with E-state index in [0.29, 0.717) is 28.6 Å². The number of carbonyl (C=O) groups excluding carboxylic acids is 1. The third kappa shape index (κ3) is 3.16. The van der Waals surface area contributed by atoms with Gasteiger partial charge in [-0.05, 0) is 55.5 Å². The van der Waals surface area contributed by atoms with Crippen LogP contribution in [0.2, 0.25) is 0 Å². The molecule has 5 rings (SSSR count). The van der Waals surface area contributed by atoms with E-state index < -0.39 is 6.17 Å². The van der Waals surface area contributed by atoms with Crippen molar-refractivity contribution in [1.82, 2.24) is 10.2 Å². The number of hydrogen-bond acceptors (Lipinski definition) is 6. The first-order chi connectivity index (χ1) is 15.0. The predicted molar refractivity (Wildman–Crippen MR) is 118 cm³/mol. The summed E-state index contributed by atoms with van der Waals surface area (Å²) in [6, 6.07) is 14.4. The molecule has 0 radical (unpaired) electrons. The van der Waals surface area contributed by atoms with Crippen molar-refractivity contribution in [3.63, 3.8) is 0 Å². The predicted octanol–water partition coefficient (Wildman–Crippen LogP) is 3.70. The molecule has 4 aromatic rings. The number of ether oxygens (including phenoxy) is 1. The molecule has 2 aromatic carbocycles. The molecule has 3 heterocycles. The molecule has 1 aliphatic rings. The minimum Gasteiger partial charge on any atom is -0.497 e. The van der Waals surface area contributed by atoms with Crippen LogP contribution in [-0.2, 0) is 4.79 Å². The molecule has 0 spiro atoms. The Morgan fingerprint density at radius 3 is 2.81 bits per heavy atom. The lowest BCUT2D eigenvalue weighted by molar-refractivity contribution is -0.116. The van der Waals surface area contributed by atoms with Crippen LogP contribution in [0.3, 0.4) is 0 Å². The van der Waals surface area contributed by atoms with Crippen LogP contribution in [0, 0.1) is 12.3 Å². The summed E-state index contributed by atoms with van der Waals surface area (Å²) in [6.07, 6.45) is 0.606. The Bertz CT molecular complexity index is 1290. The lowest BCUT2D eigenvalue weighted by atomic mass is 10.1. The number of nitrogens with one attached hydrogen (secondary N) is 4. The number of nitrogens with zero attached hydrogens (tertiary/aromatic N) is 2. The molecule has 9 nitrogen and oxygen atoms in total. The van der Waals surface area contributed by atoms with Gasteiger partial charge in [-0.1, -0.05) is 0 Å². The van der Waals surface area contributed by atoms with E-state index in [1.54, 1.807) is 48.4 Å². The largest absolute Gasteiger partial charge is 0.497 e. The lowest BCUT2D eigenvalue weighted by Gasteiger charge is -2.36. The summed E-state index contributed by atoms with van der Waals surface area (Å²) >= 11 is 0. The second-order valence-corrected chi connectivity index (χ2v) is 7.20. The van der Waals surface area contributed by atoms with Crippen LogP contribution < -0.4 is 20.3 Å². The number of rotatable bonds is 4. The van der Waals surface area contributed by atoms with Crippen molar-refractivity contribution in [2.45, 2.75) is 13.1 Å². The molecule has 0 saturated heterocycles. The molecule has 1 amide bonds. The van der Waals surface area contributed by atoms with Gasteiger partial charge in [-0.25, -0.2) is 0 Å². The van der Waals surface area contributed by atoms with Crippen molar-refractivity contribution in [3.8, 4) is 5.75 Å². The maximum atomic E-state index is 13.3. The van der Waals surface area contributed by atoms with Crippen LogP contribution >= 0.6 is 0 Å². The van der Waals surface area contributed by atoms with Crippen molar-refractivity contribution < 1.29 is 13.9 Å². The number of fused-ring (bicyclic) bond motifs is 2. The van der Waals surface area contributed by atoms with Gasteiger partial charge in [0.25, 0.3) is 5.91 Å². The Labute approximate surface area is 177 Å². The van der Waals surface area contributed by atoms with E-state index in [4.69, 9.17) is 14.6 Å². The standard InChI is InChI=1S/C22H20N6O3/c1-12-17-11-13(3-8-18(17)27-26-12)24-21(29)20-25-22-16(9-10-31-22)19(23)28(20)14-4-6-15(30-2)7-5-14/h3-11,20,23,25H,1-2H3,(H,24,29)(H,26,27). The van der Waals surface area contributed by atoms with Crippen molar-refractivity contribution in [1.29, 1.82) is 5.41 Å². The molecule has 2 aromatic heterocycles. The molecule has 1 aliphatic heterocycles. The highest BCUT2D eigenvalue weighted by Crippen LogP contribution is 2.32. The van der Waals surface area contributed by atoms with Crippen molar-refractivity contribution in [2.75, 3.05) is 22.6 Å². The normalized spacial score (nSPS) is 15.5. The summed E-state index contributed by atoms with van der Waals surface area (Å²) < 4.78 is 10.7. The second kappa shape index (κ2) is 7.21. The number of carbonyl (C=O) groups is 1. The van der Waals surface area contributed by atoms with Crippen molar-refractivity contribution in [2.24, 2.45) is 0 Å². The van der Waals surface area contributed by atoms with Gasteiger partial charge in [0.2, 0.25) is 5.88 Å². The average molecular weight is 416 g/mol. The second-order valence-electron chi connectivity index (χ2n) is 7.20. The number of benzene rings is 2. The fraction of sp³-hybridized carbons (Fsp3) is 0.136. The van der Waals surface area contributed by atoms with Crippen LogP contribution in [0.15, 0.2) is 59.2 Å². The number of aryl methyl sites for hydroxylation is 1. The van der Waals surface area contributed by atoms with Crippen LogP contribution in [0.25, 0.3) is 10.9 Å². The number of aromatic nitrogens is 2. The highest BCUT2D eigenvalue weighted by Gasteiger charge is 2.37. The molecule has 0 saturated carbocycles. The summed E-state index contributed by atoms with van der Waals surface area (Å²) in [5, 5.41) is 22.8. The van der Waals surface area contributed by atoms with Crippen LogP contribution in [0.4, 0.5) is 17.3 Å². The molecule has 0 aliphatic carbocycles. The van der Waals surface area contributed by atoms with E-state index in [-0.39, 0.29) is 11.7 Å². The zero-order valence-corrected chi connectivity index (χ0v) is 16.9.